The van der Waals surface area contributed by atoms with Crippen molar-refractivity contribution >= 4 is 17.7 Å². The van der Waals surface area contributed by atoms with Crippen LogP contribution in [0.2, 0.25) is 0 Å². The number of carbonyl (C=O) groups excluding carboxylic acids is 1. The Kier molecular flexibility index (Phi) is 4.16. The van der Waals surface area contributed by atoms with E-state index in [1.807, 2.05) is 0 Å². The van der Waals surface area contributed by atoms with Gasteiger partial charge in [0.25, 0.3) is 0 Å². The maximum Gasteiger partial charge on any atom is 0.415 e. The van der Waals surface area contributed by atoms with Gasteiger partial charge in [-0.05, 0) is 17.7 Å². The van der Waals surface area contributed by atoms with Crippen LogP contribution in [0.3, 0.4) is 0 Å². The first-order valence-corrected chi connectivity index (χ1v) is 7.18. The molecule has 2 aromatic carbocycles. The van der Waals surface area contributed by atoms with Gasteiger partial charge in [-0.1, -0.05) is 30.3 Å². The molecule has 124 valence electrons. The number of rotatable bonds is 3. The van der Waals surface area contributed by atoms with Gasteiger partial charge in [0.2, 0.25) is 0 Å². The lowest BCUT2D eigenvalue weighted by molar-refractivity contribution is -0.138. The standard InChI is InChI=1S/C17H13F2NO4/c18-12-6-7-13-11(15(12)19)8-14(16(21)22)20(13)17(23)24-9-10-4-2-1-3-5-10/h1-7,14H,8-9H2,(H,21,22)/t14-/m1/s1. The van der Waals surface area contributed by atoms with Gasteiger partial charge in [-0.3, -0.25) is 4.90 Å². The van der Waals surface area contributed by atoms with Crippen molar-refractivity contribution in [3.63, 3.8) is 0 Å². The van der Waals surface area contributed by atoms with Crippen LogP contribution in [0.1, 0.15) is 11.1 Å². The van der Waals surface area contributed by atoms with E-state index >= 15 is 0 Å². The summed E-state index contributed by atoms with van der Waals surface area (Å²) in [5.41, 5.74) is 0.598. The number of halogens is 2. The summed E-state index contributed by atoms with van der Waals surface area (Å²) in [6.07, 6.45) is -1.23. The number of hydrogen-bond acceptors (Lipinski definition) is 3. The quantitative estimate of drug-likeness (QED) is 0.937. The molecular formula is C17H13F2NO4. The average Bonchev–Trinajstić information content (AvgIpc) is 2.97. The number of nitrogens with zero attached hydrogens (tertiary/aromatic N) is 1. The molecule has 1 aliphatic rings. The Morgan fingerprint density at radius 1 is 1.17 bits per heavy atom. The van der Waals surface area contributed by atoms with Crippen molar-refractivity contribution in [2.24, 2.45) is 0 Å². The predicted molar refractivity (Wildman–Crippen MR) is 80.6 cm³/mol. The van der Waals surface area contributed by atoms with Gasteiger partial charge >= 0.3 is 12.1 Å². The van der Waals surface area contributed by atoms with Gasteiger partial charge in [0.05, 0.1) is 5.69 Å². The van der Waals surface area contributed by atoms with Crippen LogP contribution in [0.25, 0.3) is 0 Å². The van der Waals surface area contributed by atoms with Gasteiger partial charge in [0, 0.05) is 12.0 Å². The lowest BCUT2D eigenvalue weighted by Gasteiger charge is -2.22. The molecule has 0 aromatic heterocycles. The smallest absolute Gasteiger partial charge is 0.415 e. The van der Waals surface area contributed by atoms with Crippen molar-refractivity contribution in [2.45, 2.75) is 19.1 Å². The number of hydrogen-bond donors (Lipinski definition) is 1. The van der Waals surface area contributed by atoms with Crippen molar-refractivity contribution in [1.82, 2.24) is 0 Å². The molecule has 7 heteroatoms. The molecule has 0 fully saturated rings. The second kappa shape index (κ2) is 6.27. The number of anilines is 1. The molecule has 0 bridgehead atoms. The average molecular weight is 333 g/mol. The summed E-state index contributed by atoms with van der Waals surface area (Å²) >= 11 is 0. The minimum absolute atomic E-state index is 0.0133. The third-order valence-corrected chi connectivity index (χ3v) is 3.83. The van der Waals surface area contributed by atoms with Gasteiger partial charge in [0.1, 0.15) is 12.6 Å². The Labute approximate surface area is 136 Å². The highest BCUT2D eigenvalue weighted by Gasteiger charge is 2.41. The predicted octanol–water partition coefficient (Wildman–Crippen LogP) is 3.12. The number of aliphatic carboxylic acids is 1. The molecule has 1 N–H and O–H groups in total. The molecule has 0 saturated carbocycles. The fraction of sp³-hybridized carbons (Fsp3) is 0.176. The fourth-order valence-electron chi connectivity index (χ4n) is 2.67. The van der Waals surface area contributed by atoms with Crippen molar-refractivity contribution in [2.75, 3.05) is 4.90 Å². The van der Waals surface area contributed by atoms with E-state index in [4.69, 9.17) is 4.74 Å². The molecule has 0 saturated heterocycles. The van der Waals surface area contributed by atoms with E-state index in [0.29, 0.717) is 0 Å². The lowest BCUT2D eigenvalue weighted by Crippen LogP contribution is -2.43. The highest BCUT2D eigenvalue weighted by atomic mass is 19.2. The van der Waals surface area contributed by atoms with Crippen LogP contribution in [0, 0.1) is 11.6 Å². The van der Waals surface area contributed by atoms with Crippen LogP contribution in [0.15, 0.2) is 42.5 Å². The molecule has 2 aromatic rings. The second-order valence-electron chi connectivity index (χ2n) is 5.33. The van der Waals surface area contributed by atoms with Gasteiger partial charge in [-0.2, -0.15) is 0 Å². The normalized spacial score (nSPS) is 15.9. The van der Waals surface area contributed by atoms with Crippen LogP contribution in [-0.4, -0.2) is 23.2 Å². The van der Waals surface area contributed by atoms with E-state index in [-0.39, 0.29) is 24.3 Å². The second-order valence-corrected chi connectivity index (χ2v) is 5.33. The van der Waals surface area contributed by atoms with Crippen LogP contribution < -0.4 is 4.90 Å². The largest absolute Gasteiger partial charge is 0.480 e. The van der Waals surface area contributed by atoms with E-state index < -0.39 is 29.7 Å². The SMILES string of the molecule is O=C(O)[C@H]1Cc2c(ccc(F)c2F)N1C(=O)OCc1ccccc1. The number of fused-ring (bicyclic) bond motifs is 1. The molecule has 24 heavy (non-hydrogen) atoms. The van der Waals surface area contributed by atoms with Crippen LogP contribution >= 0.6 is 0 Å². The van der Waals surface area contributed by atoms with E-state index in [2.05, 4.69) is 0 Å². The molecule has 1 atom stereocenters. The lowest BCUT2D eigenvalue weighted by atomic mass is 10.1. The summed E-state index contributed by atoms with van der Waals surface area (Å²) in [7, 11) is 0. The molecule has 0 unspecified atom stereocenters. The maximum absolute atomic E-state index is 13.9. The summed E-state index contributed by atoms with van der Waals surface area (Å²) in [5, 5.41) is 9.28. The number of carboxylic acid groups (broad SMARTS) is 1. The van der Waals surface area contributed by atoms with Gasteiger partial charge in [-0.15, -0.1) is 0 Å². The number of benzene rings is 2. The number of carbonyl (C=O) groups is 2. The number of carboxylic acids is 1. The van der Waals surface area contributed by atoms with Crippen LogP contribution in [-0.2, 0) is 22.6 Å². The number of ether oxygens (including phenoxy) is 1. The molecule has 1 aliphatic heterocycles. The molecule has 1 amide bonds. The van der Waals surface area contributed by atoms with Crippen molar-refractivity contribution in [3.05, 3.63) is 65.2 Å². The zero-order valence-electron chi connectivity index (χ0n) is 12.4. The molecule has 5 nitrogen and oxygen atoms in total. The molecular weight excluding hydrogens is 320 g/mol. The first-order chi connectivity index (χ1) is 11.5. The maximum atomic E-state index is 13.9. The molecule has 3 rings (SSSR count). The zero-order chi connectivity index (χ0) is 17.3. The Hall–Kier alpha value is -2.96. The summed E-state index contributed by atoms with van der Waals surface area (Å²) < 4.78 is 32.3. The van der Waals surface area contributed by atoms with Crippen molar-refractivity contribution in [3.8, 4) is 0 Å². The minimum Gasteiger partial charge on any atom is -0.480 e. The third-order valence-electron chi connectivity index (χ3n) is 3.83. The van der Waals surface area contributed by atoms with E-state index in [0.717, 1.165) is 16.5 Å². The van der Waals surface area contributed by atoms with Gasteiger partial charge < -0.3 is 9.84 Å². The highest BCUT2D eigenvalue weighted by Crippen LogP contribution is 2.35. The highest BCUT2D eigenvalue weighted by molar-refractivity contribution is 5.98. The Morgan fingerprint density at radius 2 is 1.88 bits per heavy atom. The fourth-order valence-corrected chi connectivity index (χ4v) is 2.67. The minimum atomic E-state index is -1.33. The first kappa shape index (κ1) is 15.9. The Balaban J connectivity index is 1.86. The monoisotopic (exact) mass is 333 g/mol. The first-order valence-electron chi connectivity index (χ1n) is 7.18. The van der Waals surface area contributed by atoms with E-state index in [1.165, 1.54) is 6.07 Å². The molecule has 0 radical (unpaired) electrons. The van der Waals surface area contributed by atoms with Gasteiger partial charge in [-0.25, -0.2) is 18.4 Å². The Bertz CT molecular complexity index is 795. The van der Waals surface area contributed by atoms with E-state index in [1.54, 1.807) is 30.3 Å². The number of amides is 1. The summed E-state index contributed by atoms with van der Waals surface area (Å²) in [6.45, 7) is -0.0540. The summed E-state index contributed by atoms with van der Waals surface area (Å²) in [5.74, 6) is -3.54. The van der Waals surface area contributed by atoms with E-state index in [9.17, 15) is 23.5 Å². The molecule has 0 spiro atoms. The zero-order valence-corrected chi connectivity index (χ0v) is 12.4. The van der Waals surface area contributed by atoms with Crippen molar-refractivity contribution in [1.29, 1.82) is 0 Å². The van der Waals surface area contributed by atoms with Gasteiger partial charge in [0.15, 0.2) is 11.6 Å². The summed E-state index contributed by atoms with van der Waals surface area (Å²) in [6, 6.07) is 9.54. The topological polar surface area (TPSA) is 66.8 Å². The molecule has 1 heterocycles. The third kappa shape index (κ3) is 2.80. The van der Waals surface area contributed by atoms with Crippen LogP contribution in [0.5, 0.6) is 0 Å². The molecule has 0 aliphatic carbocycles. The Morgan fingerprint density at radius 3 is 2.54 bits per heavy atom. The van der Waals surface area contributed by atoms with Crippen molar-refractivity contribution < 1.29 is 28.2 Å². The van der Waals surface area contributed by atoms with Crippen LogP contribution in [0.4, 0.5) is 19.3 Å². The summed E-state index contributed by atoms with van der Waals surface area (Å²) in [4.78, 5) is 24.6.